The van der Waals surface area contributed by atoms with Crippen LogP contribution in [0.5, 0.6) is 5.75 Å². The van der Waals surface area contributed by atoms with Crippen LogP contribution in [0.4, 0.5) is 0 Å². The van der Waals surface area contributed by atoms with Crippen molar-refractivity contribution in [3.63, 3.8) is 0 Å². The molecule has 110 valence electrons. The predicted octanol–water partition coefficient (Wildman–Crippen LogP) is 1.68. The SMILES string of the molecule is CCC1CN(S(=O)(=O)c2ccc(OC)cc2)CCC1=O. The van der Waals surface area contributed by atoms with Gasteiger partial charge in [0.05, 0.1) is 12.0 Å². The summed E-state index contributed by atoms with van der Waals surface area (Å²) in [7, 11) is -1.99. The van der Waals surface area contributed by atoms with Crippen molar-refractivity contribution in [1.29, 1.82) is 0 Å². The van der Waals surface area contributed by atoms with Crippen LogP contribution < -0.4 is 4.74 Å². The molecule has 0 saturated carbocycles. The van der Waals surface area contributed by atoms with E-state index >= 15 is 0 Å². The first-order chi connectivity index (χ1) is 9.48. The molecule has 1 aliphatic rings. The van der Waals surface area contributed by atoms with Gasteiger partial charge in [-0.05, 0) is 30.7 Å². The number of carbonyl (C=O) groups is 1. The van der Waals surface area contributed by atoms with Crippen LogP contribution in [0.25, 0.3) is 0 Å². The number of piperidine rings is 1. The molecule has 1 unspecified atom stereocenters. The standard InChI is InChI=1S/C14H19NO4S/c1-3-11-10-15(9-8-14(11)16)20(17,18)13-6-4-12(19-2)5-7-13/h4-7,11H,3,8-10H2,1-2H3. The number of Topliss-reactive ketones (excluding diaryl/α,β-unsaturated/α-hetero) is 1. The summed E-state index contributed by atoms with van der Waals surface area (Å²) in [6.07, 6.45) is 0.974. The normalized spacial score (nSPS) is 20.9. The zero-order valence-corrected chi connectivity index (χ0v) is 12.5. The first kappa shape index (κ1) is 15.0. The van der Waals surface area contributed by atoms with Crippen LogP contribution in [0, 0.1) is 5.92 Å². The third-order valence-corrected chi connectivity index (χ3v) is 5.56. The van der Waals surface area contributed by atoms with Crippen molar-refractivity contribution in [2.45, 2.75) is 24.7 Å². The van der Waals surface area contributed by atoms with E-state index < -0.39 is 10.0 Å². The van der Waals surface area contributed by atoms with E-state index in [1.54, 1.807) is 12.1 Å². The van der Waals surface area contributed by atoms with Gasteiger partial charge in [-0.2, -0.15) is 4.31 Å². The fraction of sp³-hybridized carbons (Fsp3) is 0.500. The number of hydrogen-bond donors (Lipinski definition) is 0. The Hall–Kier alpha value is -1.40. The molecule has 20 heavy (non-hydrogen) atoms. The first-order valence-electron chi connectivity index (χ1n) is 6.66. The van der Waals surface area contributed by atoms with E-state index in [0.717, 1.165) is 0 Å². The Kier molecular flexibility index (Phi) is 4.45. The highest BCUT2D eigenvalue weighted by Gasteiger charge is 2.33. The number of hydrogen-bond acceptors (Lipinski definition) is 4. The van der Waals surface area contributed by atoms with Crippen molar-refractivity contribution in [2.24, 2.45) is 5.92 Å². The molecule has 1 aromatic rings. The highest BCUT2D eigenvalue weighted by molar-refractivity contribution is 7.89. The van der Waals surface area contributed by atoms with E-state index in [9.17, 15) is 13.2 Å². The monoisotopic (exact) mass is 297 g/mol. The molecule has 2 rings (SSSR count). The molecule has 0 N–H and O–H groups in total. The van der Waals surface area contributed by atoms with Crippen LogP contribution in [0.15, 0.2) is 29.2 Å². The third kappa shape index (κ3) is 2.86. The summed E-state index contributed by atoms with van der Waals surface area (Å²) in [4.78, 5) is 11.9. The highest BCUT2D eigenvalue weighted by atomic mass is 32.2. The third-order valence-electron chi connectivity index (χ3n) is 3.68. The summed E-state index contributed by atoms with van der Waals surface area (Å²) in [5.41, 5.74) is 0. The Morgan fingerprint density at radius 3 is 2.50 bits per heavy atom. The van der Waals surface area contributed by atoms with Crippen molar-refractivity contribution < 1.29 is 17.9 Å². The minimum atomic E-state index is -3.53. The maximum Gasteiger partial charge on any atom is 0.243 e. The van der Waals surface area contributed by atoms with Gasteiger partial charge in [0.15, 0.2) is 0 Å². The number of carbonyl (C=O) groups excluding carboxylic acids is 1. The lowest BCUT2D eigenvalue weighted by molar-refractivity contribution is -0.125. The van der Waals surface area contributed by atoms with Gasteiger partial charge in [0.25, 0.3) is 0 Å². The molecule has 1 aliphatic heterocycles. The van der Waals surface area contributed by atoms with Crippen LogP contribution >= 0.6 is 0 Å². The van der Waals surface area contributed by atoms with E-state index in [2.05, 4.69) is 0 Å². The Morgan fingerprint density at radius 2 is 1.95 bits per heavy atom. The van der Waals surface area contributed by atoms with Crippen LogP contribution in [-0.4, -0.2) is 38.7 Å². The van der Waals surface area contributed by atoms with Crippen molar-refractivity contribution >= 4 is 15.8 Å². The number of nitrogens with zero attached hydrogens (tertiary/aromatic N) is 1. The van der Waals surface area contributed by atoms with Gasteiger partial charge < -0.3 is 4.74 Å². The maximum absolute atomic E-state index is 12.5. The van der Waals surface area contributed by atoms with Crippen molar-refractivity contribution in [3.8, 4) is 5.75 Å². The second-order valence-corrected chi connectivity index (χ2v) is 6.80. The number of ether oxygens (including phenoxy) is 1. The summed E-state index contributed by atoms with van der Waals surface area (Å²) >= 11 is 0. The molecular weight excluding hydrogens is 278 g/mol. The second-order valence-electron chi connectivity index (χ2n) is 4.86. The average molecular weight is 297 g/mol. The molecule has 1 fully saturated rings. The summed E-state index contributed by atoms with van der Waals surface area (Å²) in [6, 6.07) is 6.32. The summed E-state index contributed by atoms with van der Waals surface area (Å²) in [5.74, 6) is 0.592. The minimum Gasteiger partial charge on any atom is -0.497 e. The van der Waals surface area contributed by atoms with Crippen molar-refractivity contribution in [3.05, 3.63) is 24.3 Å². The molecule has 0 aliphatic carbocycles. The van der Waals surface area contributed by atoms with Crippen molar-refractivity contribution in [2.75, 3.05) is 20.2 Å². The average Bonchev–Trinajstić information content (AvgIpc) is 2.47. The Labute approximate surface area is 119 Å². The fourth-order valence-electron chi connectivity index (χ4n) is 2.35. The zero-order chi connectivity index (χ0) is 14.8. The van der Waals surface area contributed by atoms with Gasteiger partial charge in [-0.1, -0.05) is 6.92 Å². The summed E-state index contributed by atoms with van der Waals surface area (Å²) in [6.45, 7) is 2.46. The lowest BCUT2D eigenvalue weighted by Gasteiger charge is -2.30. The largest absolute Gasteiger partial charge is 0.497 e. The number of ketones is 1. The van der Waals surface area contributed by atoms with Crippen LogP contribution in [0.3, 0.4) is 0 Å². The Bertz CT molecular complexity index is 580. The molecule has 1 saturated heterocycles. The van der Waals surface area contributed by atoms with E-state index in [-0.39, 0.29) is 29.7 Å². The topological polar surface area (TPSA) is 63.7 Å². The van der Waals surface area contributed by atoms with Crippen LogP contribution in [0.2, 0.25) is 0 Å². The van der Waals surface area contributed by atoms with E-state index in [0.29, 0.717) is 18.6 Å². The summed E-state index contributed by atoms with van der Waals surface area (Å²) < 4.78 is 31.5. The van der Waals surface area contributed by atoms with E-state index in [4.69, 9.17) is 4.74 Å². The minimum absolute atomic E-state index is 0.161. The fourth-order valence-corrected chi connectivity index (χ4v) is 3.84. The molecule has 1 atom stereocenters. The zero-order valence-electron chi connectivity index (χ0n) is 11.7. The Balaban J connectivity index is 2.23. The quantitative estimate of drug-likeness (QED) is 0.848. The van der Waals surface area contributed by atoms with Gasteiger partial charge in [-0.3, -0.25) is 4.79 Å². The molecule has 0 spiro atoms. The van der Waals surface area contributed by atoms with E-state index in [1.807, 2.05) is 6.92 Å². The highest BCUT2D eigenvalue weighted by Crippen LogP contribution is 2.24. The van der Waals surface area contributed by atoms with Gasteiger partial charge in [-0.15, -0.1) is 0 Å². The lowest BCUT2D eigenvalue weighted by atomic mass is 9.96. The molecule has 1 heterocycles. The molecule has 0 radical (unpaired) electrons. The molecule has 0 amide bonds. The summed E-state index contributed by atoms with van der Waals surface area (Å²) in [5, 5.41) is 0. The number of benzene rings is 1. The van der Waals surface area contributed by atoms with Crippen LogP contribution in [0.1, 0.15) is 19.8 Å². The van der Waals surface area contributed by atoms with Gasteiger partial charge >= 0.3 is 0 Å². The van der Waals surface area contributed by atoms with Gasteiger partial charge in [0.2, 0.25) is 10.0 Å². The smallest absolute Gasteiger partial charge is 0.243 e. The van der Waals surface area contributed by atoms with Gasteiger partial charge in [0.1, 0.15) is 11.5 Å². The van der Waals surface area contributed by atoms with Crippen molar-refractivity contribution in [1.82, 2.24) is 4.31 Å². The number of methoxy groups -OCH3 is 1. The predicted molar refractivity (Wildman–Crippen MR) is 75.2 cm³/mol. The molecule has 6 heteroatoms. The maximum atomic E-state index is 12.5. The number of sulfonamides is 1. The first-order valence-corrected chi connectivity index (χ1v) is 8.10. The lowest BCUT2D eigenvalue weighted by Crippen LogP contribution is -2.43. The number of rotatable bonds is 4. The molecule has 0 bridgehead atoms. The second kappa shape index (κ2) is 5.93. The molecule has 1 aromatic carbocycles. The Morgan fingerprint density at radius 1 is 1.30 bits per heavy atom. The van der Waals surface area contributed by atoms with Gasteiger partial charge in [-0.25, -0.2) is 8.42 Å². The van der Waals surface area contributed by atoms with Gasteiger partial charge in [0, 0.05) is 25.4 Å². The molecular formula is C14H19NO4S. The van der Waals surface area contributed by atoms with Crippen LogP contribution in [-0.2, 0) is 14.8 Å². The molecule has 5 nitrogen and oxygen atoms in total. The molecule has 0 aromatic heterocycles. The van der Waals surface area contributed by atoms with E-state index in [1.165, 1.54) is 23.5 Å².